The molecule has 2 aromatic rings. The predicted molar refractivity (Wildman–Crippen MR) is 77.0 cm³/mol. The van der Waals surface area contributed by atoms with E-state index in [1.807, 2.05) is 13.0 Å². The molecule has 0 atom stereocenters. The Labute approximate surface area is 123 Å². The Morgan fingerprint density at radius 1 is 1.19 bits per heavy atom. The molecule has 8 heteroatoms. The van der Waals surface area contributed by atoms with Gasteiger partial charge < -0.3 is 0 Å². The summed E-state index contributed by atoms with van der Waals surface area (Å²) in [5.74, 6) is 0.719. The highest BCUT2D eigenvalue weighted by atomic mass is 32.2. The minimum atomic E-state index is -3.12. The van der Waals surface area contributed by atoms with Gasteiger partial charge in [0.15, 0.2) is 0 Å². The number of aromatic nitrogens is 4. The molecule has 0 bridgehead atoms. The molecular weight excluding hydrogens is 290 g/mol. The van der Waals surface area contributed by atoms with Crippen LogP contribution in [0.1, 0.15) is 17.4 Å². The van der Waals surface area contributed by atoms with Crippen LogP contribution in [0.4, 0.5) is 0 Å². The molecule has 3 heterocycles. The zero-order chi connectivity index (χ0) is 15.0. The number of hydrogen-bond acceptors (Lipinski definition) is 6. The van der Waals surface area contributed by atoms with Crippen molar-refractivity contribution < 1.29 is 8.42 Å². The molecule has 1 saturated heterocycles. The van der Waals surface area contributed by atoms with Crippen molar-refractivity contribution in [3.05, 3.63) is 36.3 Å². The monoisotopic (exact) mass is 305 g/mol. The van der Waals surface area contributed by atoms with E-state index in [-0.39, 0.29) is 5.92 Å². The van der Waals surface area contributed by atoms with Gasteiger partial charge in [0, 0.05) is 42.7 Å². The van der Waals surface area contributed by atoms with Crippen LogP contribution in [0, 0.1) is 6.92 Å². The van der Waals surface area contributed by atoms with Crippen LogP contribution >= 0.6 is 0 Å². The topological polar surface area (TPSA) is 88.9 Å². The van der Waals surface area contributed by atoms with Crippen LogP contribution in [0.2, 0.25) is 0 Å². The molecule has 2 aromatic heterocycles. The van der Waals surface area contributed by atoms with Crippen LogP contribution in [0.25, 0.3) is 11.3 Å². The molecule has 1 aliphatic rings. The summed E-state index contributed by atoms with van der Waals surface area (Å²) in [6.45, 7) is 2.77. The fourth-order valence-corrected chi connectivity index (χ4v) is 3.13. The van der Waals surface area contributed by atoms with Gasteiger partial charge in [-0.2, -0.15) is 0 Å². The van der Waals surface area contributed by atoms with Crippen LogP contribution in [0.3, 0.4) is 0 Å². The van der Waals surface area contributed by atoms with Gasteiger partial charge in [-0.25, -0.2) is 32.7 Å². The standard InChI is InChI=1S/C13H15N5O2S/c1-9-3-12(10-4-14-8-15-5-10)17-13(16-9)11-6-18(7-11)21(2,19)20/h3-5,8,11H,6-7H2,1-2H3. The van der Waals surface area contributed by atoms with Crippen molar-refractivity contribution in [1.29, 1.82) is 0 Å². The van der Waals surface area contributed by atoms with Gasteiger partial charge in [0.2, 0.25) is 10.0 Å². The summed E-state index contributed by atoms with van der Waals surface area (Å²) < 4.78 is 24.3. The summed E-state index contributed by atoms with van der Waals surface area (Å²) in [5, 5.41) is 0. The first kappa shape index (κ1) is 14.0. The van der Waals surface area contributed by atoms with Crippen LogP contribution in [-0.2, 0) is 10.0 Å². The fourth-order valence-electron chi connectivity index (χ4n) is 2.23. The van der Waals surface area contributed by atoms with Gasteiger partial charge in [0.05, 0.1) is 11.9 Å². The SMILES string of the molecule is Cc1cc(-c2cncnc2)nc(C2CN(S(C)(=O)=O)C2)n1. The van der Waals surface area contributed by atoms with Crippen molar-refractivity contribution in [1.82, 2.24) is 24.2 Å². The van der Waals surface area contributed by atoms with E-state index in [0.717, 1.165) is 17.0 Å². The van der Waals surface area contributed by atoms with Crippen LogP contribution in [0.5, 0.6) is 0 Å². The molecule has 0 aromatic carbocycles. The molecule has 0 unspecified atom stereocenters. The van der Waals surface area contributed by atoms with Gasteiger partial charge >= 0.3 is 0 Å². The van der Waals surface area contributed by atoms with E-state index in [9.17, 15) is 8.42 Å². The molecule has 3 rings (SSSR count). The molecule has 110 valence electrons. The Kier molecular flexibility index (Phi) is 3.42. The predicted octanol–water partition coefficient (Wildman–Crippen LogP) is 0.601. The van der Waals surface area contributed by atoms with E-state index < -0.39 is 10.0 Å². The Balaban J connectivity index is 1.87. The van der Waals surface area contributed by atoms with Gasteiger partial charge in [-0.1, -0.05) is 0 Å². The lowest BCUT2D eigenvalue weighted by atomic mass is 10.0. The minimum absolute atomic E-state index is 0.0444. The van der Waals surface area contributed by atoms with E-state index >= 15 is 0 Å². The van der Waals surface area contributed by atoms with E-state index in [4.69, 9.17) is 0 Å². The summed E-state index contributed by atoms with van der Waals surface area (Å²) in [5.41, 5.74) is 2.43. The maximum absolute atomic E-state index is 11.4. The van der Waals surface area contributed by atoms with Crippen molar-refractivity contribution in [2.24, 2.45) is 0 Å². The molecule has 0 saturated carbocycles. The molecule has 1 fully saturated rings. The van der Waals surface area contributed by atoms with Crippen molar-refractivity contribution in [3.63, 3.8) is 0 Å². The molecule has 0 aliphatic carbocycles. The summed E-state index contributed by atoms with van der Waals surface area (Å²) in [6.07, 6.45) is 6.08. The Hall–Kier alpha value is -1.93. The van der Waals surface area contributed by atoms with Gasteiger partial charge in [-0.05, 0) is 13.0 Å². The smallest absolute Gasteiger partial charge is 0.211 e. The van der Waals surface area contributed by atoms with Gasteiger partial charge in [-0.15, -0.1) is 0 Å². The number of rotatable bonds is 3. The van der Waals surface area contributed by atoms with E-state index in [1.54, 1.807) is 12.4 Å². The number of hydrogen-bond donors (Lipinski definition) is 0. The largest absolute Gasteiger partial charge is 0.244 e. The number of aryl methyl sites for hydroxylation is 1. The summed E-state index contributed by atoms with van der Waals surface area (Å²) in [7, 11) is -3.12. The normalized spacial score (nSPS) is 16.7. The highest BCUT2D eigenvalue weighted by molar-refractivity contribution is 7.88. The highest BCUT2D eigenvalue weighted by Gasteiger charge is 2.36. The van der Waals surface area contributed by atoms with Crippen molar-refractivity contribution >= 4 is 10.0 Å². The Morgan fingerprint density at radius 3 is 2.48 bits per heavy atom. The lowest BCUT2D eigenvalue weighted by Gasteiger charge is -2.36. The first-order valence-electron chi connectivity index (χ1n) is 6.49. The van der Waals surface area contributed by atoms with Crippen molar-refractivity contribution in [2.45, 2.75) is 12.8 Å². The Bertz CT molecular complexity index is 757. The lowest BCUT2D eigenvalue weighted by Crippen LogP contribution is -2.48. The molecular formula is C13H15N5O2S. The third-order valence-corrected chi connectivity index (χ3v) is 4.65. The minimum Gasteiger partial charge on any atom is -0.244 e. The summed E-state index contributed by atoms with van der Waals surface area (Å²) in [6, 6.07) is 1.87. The molecule has 0 spiro atoms. The third kappa shape index (κ3) is 2.91. The van der Waals surface area contributed by atoms with Crippen LogP contribution < -0.4 is 0 Å². The summed E-state index contributed by atoms with van der Waals surface area (Å²) in [4.78, 5) is 16.9. The van der Waals surface area contributed by atoms with E-state index in [0.29, 0.717) is 18.9 Å². The Morgan fingerprint density at radius 2 is 1.86 bits per heavy atom. The second-order valence-electron chi connectivity index (χ2n) is 5.16. The molecule has 0 N–H and O–H groups in total. The van der Waals surface area contributed by atoms with Gasteiger partial charge in [0.25, 0.3) is 0 Å². The first-order chi connectivity index (χ1) is 9.93. The second-order valence-corrected chi connectivity index (χ2v) is 7.14. The molecule has 7 nitrogen and oxygen atoms in total. The zero-order valence-corrected chi connectivity index (χ0v) is 12.6. The average molecular weight is 305 g/mol. The zero-order valence-electron chi connectivity index (χ0n) is 11.8. The fraction of sp³-hybridized carbons (Fsp3) is 0.385. The average Bonchev–Trinajstić information content (AvgIpc) is 2.35. The van der Waals surface area contributed by atoms with Gasteiger partial charge in [0.1, 0.15) is 12.2 Å². The lowest BCUT2D eigenvalue weighted by molar-refractivity contribution is 0.257. The molecule has 1 aliphatic heterocycles. The second kappa shape index (κ2) is 5.12. The van der Waals surface area contributed by atoms with E-state index in [2.05, 4.69) is 19.9 Å². The number of nitrogens with zero attached hydrogens (tertiary/aromatic N) is 5. The maximum atomic E-state index is 11.4. The van der Waals surface area contributed by atoms with Crippen molar-refractivity contribution in [3.8, 4) is 11.3 Å². The van der Waals surface area contributed by atoms with Crippen LogP contribution in [0.15, 0.2) is 24.8 Å². The third-order valence-electron chi connectivity index (χ3n) is 3.41. The summed E-state index contributed by atoms with van der Waals surface area (Å²) >= 11 is 0. The molecule has 21 heavy (non-hydrogen) atoms. The maximum Gasteiger partial charge on any atom is 0.211 e. The van der Waals surface area contributed by atoms with Crippen molar-refractivity contribution in [2.75, 3.05) is 19.3 Å². The molecule has 0 amide bonds. The van der Waals surface area contributed by atoms with Crippen LogP contribution in [-0.4, -0.2) is 52.0 Å². The van der Waals surface area contributed by atoms with Gasteiger partial charge in [-0.3, -0.25) is 0 Å². The quantitative estimate of drug-likeness (QED) is 0.825. The first-order valence-corrected chi connectivity index (χ1v) is 8.34. The number of sulfonamides is 1. The highest BCUT2D eigenvalue weighted by Crippen LogP contribution is 2.28. The van der Waals surface area contributed by atoms with E-state index in [1.165, 1.54) is 16.9 Å². The molecule has 0 radical (unpaired) electrons.